The van der Waals surface area contributed by atoms with Crippen LogP contribution in [-0.2, 0) is 4.79 Å². The minimum absolute atomic E-state index is 0.629. The molecule has 0 fully saturated rings. The highest BCUT2D eigenvalue weighted by atomic mass is 16.1. The molecule has 0 heterocycles. The average molecular weight is 136 g/mol. The highest BCUT2D eigenvalue weighted by molar-refractivity contribution is 5.60. The number of rotatable bonds is 2. The van der Waals surface area contributed by atoms with E-state index in [-0.39, 0.29) is 0 Å². The van der Waals surface area contributed by atoms with Crippen molar-refractivity contribution in [3.05, 3.63) is 0 Å². The Kier molecular flexibility index (Phi) is 2.58. The number of nitrogens with zero attached hydrogens (tertiary/aromatic N) is 2. The Hall–Kier alpha value is -1.35. The lowest BCUT2D eigenvalue weighted by Crippen LogP contribution is -2.22. The minimum Gasteiger partial charge on any atom is -0.303 e. The minimum atomic E-state index is -0.844. The fourth-order valence-electron chi connectivity index (χ4n) is 0.430. The number of nitriles is 2. The van der Waals surface area contributed by atoms with Crippen LogP contribution in [0.5, 0.6) is 0 Å². The molecule has 0 aromatic rings. The largest absolute Gasteiger partial charge is 0.303 e. The van der Waals surface area contributed by atoms with Crippen molar-refractivity contribution in [3.63, 3.8) is 0 Å². The van der Waals surface area contributed by atoms with E-state index in [2.05, 4.69) is 0 Å². The van der Waals surface area contributed by atoms with Crippen LogP contribution in [0.1, 0.15) is 13.8 Å². The molecule has 0 N–H and O–H groups in total. The molecule has 0 aromatic heterocycles. The van der Waals surface area contributed by atoms with Gasteiger partial charge in [-0.3, -0.25) is 0 Å². The third kappa shape index (κ3) is 1.56. The first-order valence-electron chi connectivity index (χ1n) is 2.84. The Labute approximate surface area is 59.9 Å². The molecule has 0 amide bonds. The van der Waals surface area contributed by atoms with Gasteiger partial charge in [0, 0.05) is 5.41 Å². The van der Waals surface area contributed by atoms with Gasteiger partial charge in [-0.1, -0.05) is 13.8 Å². The summed E-state index contributed by atoms with van der Waals surface area (Å²) in [4.78, 5) is 10.3. The van der Waals surface area contributed by atoms with Crippen LogP contribution in [0.25, 0.3) is 0 Å². The van der Waals surface area contributed by atoms with Crippen molar-refractivity contribution >= 4 is 6.29 Å². The fourth-order valence-corrected chi connectivity index (χ4v) is 0.430. The van der Waals surface area contributed by atoms with Gasteiger partial charge in [0.1, 0.15) is 12.2 Å². The summed E-state index contributed by atoms with van der Waals surface area (Å²) in [6.07, 6.45) is 0.629. The molecule has 0 bridgehead atoms. The molecule has 0 atom stereocenters. The molecule has 52 valence electrons. The quantitative estimate of drug-likeness (QED) is 0.529. The number of hydrogen-bond donors (Lipinski definition) is 0. The third-order valence-corrected chi connectivity index (χ3v) is 1.31. The van der Waals surface area contributed by atoms with E-state index in [1.807, 2.05) is 0 Å². The molecule has 0 rings (SSSR count). The molecule has 3 nitrogen and oxygen atoms in total. The molecule has 0 aliphatic rings. The van der Waals surface area contributed by atoms with Crippen molar-refractivity contribution in [2.45, 2.75) is 13.8 Å². The van der Waals surface area contributed by atoms with E-state index in [0.717, 1.165) is 0 Å². The van der Waals surface area contributed by atoms with E-state index in [1.165, 1.54) is 0 Å². The van der Waals surface area contributed by atoms with Crippen molar-refractivity contribution in [2.24, 2.45) is 11.3 Å². The van der Waals surface area contributed by atoms with Crippen molar-refractivity contribution in [1.29, 1.82) is 10.5 Å². The van der Waals surface area contributed by atoms with E-state index >= 15 is 0 Å². The zero-order valence-electron chi connectivity index (χ0n) is 5.96. The Morgan fingerprint density at radius 3 is 1.90 bits per heavy atom. The second-order valence-electron chi connectivity index (χ2n) is 2.63. The number of carbonyl (C=O) groups excluding carboxylic acids is 1. The third-order valence-electron chi connectivity index (χ3n) is 1.31. The van der Waals surface area contributed by atoms with Crippen molar-refractivity contribution in [1.82, 2.24) is 0 Å². The van der Waals surface area contributed by atoms with Crippen LogP contribution in [0.3, 0.4) is 0 Å². The summed E-state index contributed by atoms with van der Waals surface area (Å²) in [5.41, 5.74) is -0.844. The number of aldehydes is 1. The van der Waals surface area contributed by atoms with Gasteiger partial charge in [0.05, 0.1) is 12.1 Å². The number of carbonyl (C=O) groups is 1. The Bertz CT molecular complexity index is 193. The first-order chi connectivity index (χ1) is 4.58. The summed E-state index contributed by atoms with van der Waals surface area (Å²) in [5, 5.41) is 16.7. The Morgan fingerprint density at radius 2 is 1.80 bits per heavy atom. The molecule has 0 saturated carbocycles. The van der Waals surface area contributed by atoms with Gasteiger partial charge in [0.15, 0.2) is 0 Å². The normalized spacial score (nSPS) is 10.1. The van der Waals surface area contributed by atoms with Crippen LogP contribution in [0.2, 0.25) is 0 Å². The zero-order valence-corrected chi connectivity index (χ0v) is 5.96. The SMILES string of the molecule is CC(C)(C=O)C(C#N)C#N. The molecule has 0 aliphatic heterocycles. The highest BCUT2D eigenvalue weighted by Crippen LogP contribution is 2.22. The van der Waals surface area contributed by atoms with E-state index in [0.29, 0.717) is 6.29 Å². The zero-order chi connectivity index (χ0) is 8.20. The van der Waals surface area contributed by atoms with E-state index in [4.69, 9.17) is 10.5 Å². The molecule has 10 heavy (non-hydrogen) atoms. The molecule has 0 aliphatic carbocycles. The van der Waals surface area contributed by atoms with Gasteiger partial charge in [-0.15, -0.1) is 0 Å². The smallest absolute Gasteiger partial charge is 0.144 e. The van der Waals surface area contributed by atoms with Gasteiger partial charge < -0.3 is 4.79 Å². The summed E-state index contributed by atoms with van der Waals surface area (Å²) in [6, 6.07) is 3.50. The van der Waals surface area contributed by atoms with Gasteiger partial charge in [0.2, 0.25) is 0 Å². The monoisotopic (exact) mass is 136 g/mol. The lowest BCUT2D eigenvalue weighted by Gasteiger charge is -2.15. The van der Waals surface area contributed by atoms with Gasteiger partial charge in [-0.25, -0.2) is 0 Å². The van der Waals surface area contributed by atoms with Crippen LogP contribution in [-0.4, -0.2) is 6.29 Å². The Balaban J connectivity index is 4.49. The lowest BCUT2D eigenvalue weighted by molar-refractivity contribution is -0.115. The predicted octanol–water partition coefficient (Wildman–Crippen LogP) is 0.875. The molecule has 0 radical (unpaired) electrons. The molecule has 3 heteroatoms. The van der Waals surface area contributed by atoms with E-state index in [1.54, 1.807) is 26.0 Å². The maximum absolute atomic E-state index is 10.3. The van der Waals surface area contributed by atoms with Crippen LogP contribution >= 0.6 is 0 Å². The highest BCUT2D eigenvalue weighted by Gasteiger charge is 2.28. The van der Waals surface area contributed by atoms with Gasteiger partial charge in [-0.2, -0.15) is 10.5 Å². The summed E-state index contributed by atoms with van der Waals surface area (Å²) in [7, 11) is 0. The van der Waals surface area contributed by atoms with Gasteiger partial charge in [0.25, 0.3) is 0 Å². The molecule has 0 saturated heterocycles. The van der Waals surface area contributed by atoms with Crippen LogP contribution in [0, 0.1) is 34.0 Å². The van der Waals surface area contributed by atoms with Crippen molar-refractivity contribution in [3.8, 4) is 12.1 Å². The van der Waals surface area contributed by atoms with Crippen molar-refractivity contribution in [2.75, 3.05) is 0 Å². The Morgan fingerprint density at radius 1 is 1.40 bits per heavy atom. The van der Waals surface area contributed by atoms with E-state index < -0.39 is 11.3 Å². The molecular formula is C7H8N2O. The summed E-state index contributed by atoms with van der Waals surface area (Å²) in [6.45, 7) is 3.13. The van der Waals surface area contributed by atoms with Crippen LogP contribution in [0.4, 0.5) is 0 Å². The van der Waals surface area contributed by atoms with Gasteiger partial charge in [-0.05, 0) is 0 Å². The number of hydrogen-bond acceptors (Lipinski definition) is 3. The van der Waals surface area contributed by atoms with Gasteiger partial charge >= 0.3 is 0 Å². The second kappa shape index (κ2) is 2.98. The molecular weight excluding hydrogens is 128 g/mol. The fraction of sp³-hybridized carbons (Fsp3) is 0.571. The maximum Gasteiger partial charge on any atom is 0.144 e. The summed E-state index contributed by atoms with van der Waals surface area (Å²) in [5.74, 6) is -0.843. The van der Waals surface area contributed by atoms with Crippen LogP contribution < -0.4 is 0 Å². The second-order valence-corrected chi connectivity index (χ2v) is 2.63. The molecule has 0 unspecified atom stereocenters. The molecule has 0 aromatic carbocycles. The average Bonchev–Trinajstić information content (AvgIpc) is 1.90. The summed E-state index contributed by atoms with van der Waals surface area (Å²) < 4.78 is 0. The topological polar surface area (TPSA) is 64.7 Å². The maximum atomic E-state index is 10.3. The lowest BCUT2D eigenvalue weighted by atomic mass is 9.82. The van der Waals surface area contributed by atoms with Crippen molar-refractivity contribution < 1.29 is 4.79 Å². The first-order valence-corrected chi connectivity index (χ1v) is 2.84. The van der Waals surface area contributed by atoms with Crippen LogP contribution in [0.15, 0.2) is 0 Å². The van der Waals surface area contributed by atoms with E-state index in [9.17, 15) is 4.79 Å². The summed E-state index contributed by atoms with van der Waals surface area (Å²) >= 11 is 0. The predicted molar refractivity (Wildman–Crippen MR) is 34.6 cm³/mol. The molecule has 0 spiro atoms. The first kappa shape index (κ1) is 8.65. The standard InChI is InChI=1S/C7H8N2O/c1-7(2,5-10)6(3-8)4-9/h5-6H,1-2H3.